The molecule has 3 amide bonds. The Labute approximate surface area is 114 Å². The van der Waals surface area contributed by atoms with Gasteiger partial charge >= 0.3 is 6.03 Å². The number of hydrogen-bond donors (Lipinski definition) is 2. The molecule has 0 radical (unpaired) electrons. The fraction of sp³-hybridized carbons (Fsp3) is 0.846. The first-order valence-corrected chi connectivity index (χ1v) is 7.01. The molecule has 1 rings (SSSR count). The molecule has 1 fully saturated rings. The van der Waals surface area contributed by atoms with E-state index in [4.69, 9.17) is 4.74 Å². The van der Waals surface area contributed by atoms with Gasteiger partial charge in [-0.15, -0.1) is 0 Å². The Kier molecular flexibility index (Phi) is 8.16. The smallest absolute Gasteiger partial charge is 0.321 e. The maximum absolute atomic E-state index is 11.7. The summed E-state index contributed by atoms with van der Waals surface area (Å²) in [6.45, 7) is 3.32. The second-order valence-electron chi connectivity index (χ2n) is 4.84. The minimum Gasteiger partial charge on any atom is -0.385 e. The molecular weight excluding hydrogens is 246 g/mol. The van der Waals surface area contributed by atoms with Gasteiger partial charge in [-0.2, -0.15) is 0 Å². The van der Waals surface area contributed by atoms with Crippen LogP contribution in [0.4, 0.5) is 4.79 Å². The van der Waals surface area contributed by atoms with Gasteiger partial charge in [0.05, 0.1) is 6.54 Å². The molecule has 0 aromatic heterocycles. The van der Waals surface area contributed by atoms with Crippen LogP contribution in [0.5, 0.6) is 0 Å². The minimum atomic E-state index is -0.420. The molecule has 0 atom stereocenters. The third-order valence-corrected chi connectivity index (χ3v) is 3.13. The molecule has 0 aromatic rings. The van der Waals surface area contributed by atoms with Crippen LogP contribution < -0.4 is 10.6 Å². The molecular formula is C13H25N3O3. The number of amides is 3. The highest BCUT2D eigenvalue weighted by Gasteiger charge is 2.14. The molecule has 6 nitrogen and oxygen atoms in total. The number of ether oxygens (including phenoxy) is 1. The van der Waals surface area contributed by atoms with Gasteiger partial charge in [0.15, 0.2) is 0 Å². The molecule has 0 aromatic carbocycles. The van der Waals surface area contributed by atoms with E-state index in [9.17, 15) is 9.59 Å². The van der Waals surface area contributed by atoms with Gasteiger partial charge in [0, 0.05) is 20.3 Å². The Morgan fingerprint density at radius 2 is 1.84 bits per heavy atom. The lowest BCUT2D eigenvalue weighted by molar-refractivity contribution is -0.121. The molecule has 19 heavy (non-hydrogen) atoms. The van der Waals surface area contributed by atoms with Gasteiger partial charge in [0.2, 0.25) is 5.91 Å². The highest BCUT2D eigenvalue weighted by molar-refractivity contribution is 5.95. The van der Waals surface area contributed by atoms with Gasteiger partial charge in [0.1, 0.15) is 0 Å². The number of likely N-dealkylation sites (tertiary alicyclic amines) is 1. The SMILES string of the molecule is COCCCNC(=O)NC(=O)CN1CCCCCC1. The molecule has 0 saturated carbocycles. The lowest BCUT2D eigenvalue weighted by atomic mass is 10.2. The first-order chi connectivity index (χ1) is 9.22. The zero-order valence-electron chi connectivity index (χ0n) is 11.7. The minimum absolute atomic E-state index is 0.230. The molecule has 1 saturated heterocycles. The number of urea groups is 1. The van der Waals surface area contributed by atoms with Crippen molar-refractivity contribution in [1.82, 2.24) is 15.5 Å². The number of rotatable bonds is 6. The summed E-state index contributed by atoms with van der Waals surface area (Å²) >= 11 is 0. The second-order valence-corrected chi connectivity index (χ2v) is 4.84. The molecule has 1 aliphatic heterocycles. The lowest BCUT2D eigenvalue weighted by Crippen LogP contribution is -2.45. The van der Waals surface area contributed by atoms with Crippen LogP contribution in [0.1, 0.15) is 32.1 Å². The molecule has 0 aliphatic carbocycles. The molecule has 0 spiro atoms. The molecule has 0 bridgehead atoms. The topological polar surface area (TPSA) is 70.7 Å². The van der Waals surface area contributed by atoms with Crippen molar-refractivity contribution in [3.05, 3.63) is 0 Å². The first kappa shape index (κ1) is 15.9. The van der Waals surface area contributed by atoms with Gasteiger partial charge in [-0.05, 0) is 32.4 Å². The summed E-state index contributed by atoms with van der Waals surface area (Å²) in [5.41, 5.74) is 0. The zero-order valence-corrected chi connectivity index (χ0v) is 11.7. The van der Waals surface area contributed by atoms with Crippen molar-refractivity contribution in [2.24, 2.45) is 0 Å². The number of imide groups is 1. The molecule has 6 heteroatoms. The Balaban J connectivity index is 2.13. The van der Waals surface area contributed by atoms with E-state index in [0.29, 0.717) is 19.7 Å². The van der Waals surface area contributed by atoms with E-state index in [2.05, 4.69) is 15.5 Å². The van der Waals surface area contributed by atoms with E-state index in [1.54, 1.807) is 7.11 Å². The Morgan fingerprint density at radius 1 is 1.16 bits per heavy atom. The van der Waals surface area contributed by atoms with Gasteiger partial charge in [0.25, 0.3) is 0 Å². The zero-order chi connectivity index (χ0) is 13.9. The molecule has 2 N–H and O–H groups in total. The summed E-state index contributed by atoms with van der Waals surface area (Å²) in [6.07, 6.45) is 5.48. The largest absolute Gasteiger partial charge is 0.385 e. The number of methoxy groups -OCH3 is 1. The van der Waals surface area contributed by atoms with Crippen LogP contribution in [0.2, 0.25) is 0 Å². The van der Waals surface area contributed by atoms with Crippen LogP contribution in [0.25, 0.3) is 0 Å². The normalized spacial score (nSPS) is 16.7. The van der Waals surface area contributed by atoms with Crippen molar-refractivity contribution in [2.45, 2.75) is 32.1 Å². The van der Waals surface area contributed by atoms with E-state index in [-0.39, 0.29) is 5.91 Å². The number of carbonyl (C=O) groups excluding carboxylic acids is 2. The third kappa shape index (κ3) is 7.79. The average molecular weight is 271 g/mol. The molecule has 110 valence electrons. The summed E-state index contributed by atoms with van der Waals surface area (Å²) in [4.78, 5) is 25.2. The van der Waals surface area contributed by atoms with Crippen LogP contribution >= 0.6 is 0 Å². The first-order valence-electron chi connectivity index (χ1n) is 7.01. The fourth-order valence-electron chi connectivity index (χ4n) is 2.13. The van der Waals surface area contributed by atoms with Gasteiger partial charge in [-0.3, -0.25) is 15.0 Å². The summed E-state index contributed by atoms with van der Waals surface area (Å²) < 4.78 is 4.87. The average Bonchev–Trinajstić information content (AvgIpc) is 2.63. The Bertz CT molecular complexity index is 276. The number of carbonyl (C=O) groups is 2. The lowest BCUT2D eigenvalue weighted by Gasteiger charge is -2.18. The fourth-order valence-corrected chi connectivity index (χ4v) is 2.13. The van der Waals surface area contributed by atoms with Crippen LogP contribution in [0.15, 0.2) is 0 Å². The van der Waals surface area contributed by atoms with E-state index in [0.717, 1.165) is 32.4 Å². The van der Waals surface area contributed by atoms with Crippen LogP contribution in [0, 0.1) is 0 Å². The van der Waals surface area contributed by atoms with Crippen molar-refractivity contribution in [1.29, 1.82) is 0 Å². The standard InChI is InChI=1S/C13H25N3O3/c1-19-10-6-7-14-13(18)15-12(17)11-16-8-4-2-3-5-9-16/h2-11H2,1H3,(H2,14,15,17,18). The third-order valence-electron chi connectivity index (χ3n) is 3.13. The molecule has 1 aliphatic rings. The van der Waals surface area contributed by atoms with Gasteiger partial charge in [-0.1, -0.05) is 12.8 Å². The van der Waals surface area contributed by atoms with Crippen molar-refractivity contribution < 1.29 is 14.3 Å². The van der Waals surface area contributed by atoms with E-state index in [1.807, 2.05) is 0 Å². The number of hydrogen-bond acceptors (Lipinski definition) is 4. The summed E-state index contributed by atoms with van der Waals surface area (Å²) in [6, 6.07) is -0.420. The van der Waals surface area contributed by atoms with Gasteiger partial charge in [-0.25, -0.2) is 4.79 Å². The van der Waals surface area contributed by atoms with Crippen molar-refractivity contribution in [3.8, 4) is 0 Å². The highest BCUT2D eigenvalue weighted by Crippen LogP contribution is 2.08. The molecule has 0 unspecified atom stereocenters. The predicted octanol–water partition coefficient (Wildman–Crippen LogP) is 0.725. The van der Waals surface area contributed by atoms with E-state index >= 15 is 0 Å². The van der Waals surface area contributed by atoms with Crippen molar-refractivity contribution in [3.63, 3.8) is 0 Å². The van der Waals surface area contributed by atoms with Crippen molar-refractivity contribution in [2.75, 3.05) is 39.9 Å². The highest BCUT2D eigenvalue weighted by atomic mass is 16.5. The maximum atomic E-state index is 11.7. The number of nitrogens with zero attached hydrogens (tertiary/aromatic N) is 1. The monoisotopic (exact) mass is 271 g/mol. The van der Waals surface area contributed by atoms with Gasteiger partial charge < -0.3 is 10.1 Å². The Hall–Kier alpha value is -1.14. The summed E-state index contributed by atoms with van der Waals surface area (Å²) in [7, 11) is 1.62. The maximum Gasteiger partial charge on any atom is 0.321 e. The van der Waals surface area contributed by atoms with Crippen LogP contribution in [0.3, 0.4) is 0 Å². The van der Waals surface area contributed by atoms with Crippen molar-refractivity contribution >= 4 is 11.9 Å². The second kappa shape index (κ2) is 9.75. The predicted molar refractivity (Wildman–Crippen MR) is 72.9 cm³/mol. The Morgan fingerprint density at radius 3 is 2.47 bits per heavy atom. The molecule has 1 heterocycles. The number of nitrogens with one attached hydrogen (secondary N) is 2. The summed E-state index contributed by atoms with van der Waals surface area (Å²) in [5.74, 6) is -0.230. The summed E-state index contributed by atoms with van der Waals surface area (Å²) in [5, 5.41) is 4.98. The van der Waals surface area contributed by atoms with Crippen LogP contribution in [-0.2, 0) is 9.53 Å². The van der Waals surface area contributed by atoms with E-state index in [1.165, 1.54) is 12.8 Å². The van der Waals surface area contributed by atoms with E-state index < -0.39 is 6.03 Å². The van der Waals surface area contributed by atoms with Crippen LogP contribution in [-0.4, -0.2) is 56.7 Å². The quantitative estimate of drug-likeness (QED) is 0.699.